The second-order valence-electron chi connectivity index (χ2n) is 5.50. The van der Waals surface area contributed by atoms with E-state index in [2.05, 4.69) is 10.3 Å². The van der Waals surface area contributed by atoms with Crippen LogP contribution in [0.5, 0.6) is 0 Å². The Morgan fingerprint density at radius 3 is 2.79 bits per heavy atom. The minimum absolute atomic E-state index is 0.135. The molecule has 1 amide bonds. The Bertz CT molecular complexity index is 960. The van der Waals surface area contributed by atoms with Crippen molar-refractivity contribution in [3.8, 4) is 0 Å². The fourth-order valence-electron chi connectivity index (χ4n) is 2.38. The van der Waals surface area contributed by atoms with E-state index in [0.29, 0.717) is 18.5 Å². The van der Waals surface area contributed by atoms with Gasteiger partial charge in [-0.25, -0.2) is 13.4 Å². The van der Waals surface area contributed by atoms with Gasteiger partial charge in [0.1, 0.15) is 5.65 Å². The van der Waals surface area contributed by atoms with Crippen molar-refractivity contribution in [2.24, 2.45) is 0 Å². The lowest BCUT2D eigenvalue weighted by atomic mass is 10.2. The normalized spacial score (nSPS) is 11.5. The molecule has 7 heteroatoms. The monoisotopic (exact) mass is 343 g/mol. The van der Waals surface area contributed by atoms with Crippen molar-refractivity contribution in [3.05, 3.63) is 66.1 Å². The molecular formula is C17H17N3O3S. The van der Waals surface area contributed by atoms with Gasteiger partial charge < -0.3 is 9.72 Å². The van der Waals surface area contributed by atoms with Crippen LogP contribution >= 0.6 is 0 Å². The molecule has 3 rings (SSSR count). The van der Waals surface area contributed by atoms with Gasteiger partial charge in [-0.3, -0.25) is 4.79 Å². The Labute approximate surface area is 140 Å². The summed E-state index contributed by atoms with van der Waals surface area (Å²) in [7, 11) is -3.33. The number of amides is 1. The van der Waals surface area contributed by atoms with Crippen molar-refractivity contribution in [1.82, 2.24) is 14.7 Å². The number of fused-ring (bicyclic) bond motifs is 1. The standard InChI is InChI=1S/C17H17N3O3S/c1-24(22,23)15-6-4-5-13(11-15)17(21)18-9-8-14-12-20-10-3-2-7-16(20)19-14/h2-7,10-12H,8-9H2,1H3,(H,18,21). The van der Waals surface area contributed by atoms with Gasteiger partial charge in [0.25, 0.3) is 5.91 Å². The number of nitrogens with one attached hydrogen (secondary N) is 1. The van der Waals surface area contributed by atoms with Gasteiger partial charge in [-0.1, -0.05) is 12.1 Å². The summed E-state index contributed by atoms with van der Waals surface area (Å²) < 4.78 is 25.0. The Morgan fingerprint density at radius 1 is 1.21 bits per heavy atom. The van der Waals surface area contributed by atoms with Gasteiger partial charge in [0, 0.05) is 37.2 Å². The van der Waals surface area contributed by atoms with Gasteiger partial charge in [-0.05, 0) is 30.3 Å². The van der Waals surface area contributed by atoms with E-state index in [1.165, 1.54) is 12.1 Å². The van der Waals surface area contributed by atoms with Crippen LogP contribution in [0.4, 0.5) is 0 Å². The molecule has 1 N–H and O–H groups in total. The van der Waals surface area contributed by atoms with E-state index in [1.807, 2.05) is 35.0 Å². The highest BCUT2D eigenvalue weighted by Crippen LogP contribution is 2.11. The van der Waals surface area contributed by atoms with Crippen molar-refractivity contribution >= 4 is 21.4 Å². The van der Waals surface area contributed by atoms with Crippen molar-refractivity contribution in [2.45, 2.75) is 11.3 Å². The molecule has 0 aliphatic rings. The number of benzene rings is 1. The number of aromatic nitrogens is 2. The summed E-state index contributed by atoms with van der Waals surface area (Å²) >= 11 is 0. The van der Waals surface area contributed by atoms with Gasteiger partial charge in [0.15, 0.2) is 9.84 Å². The van der Waals surface area contributed by atoms with Gasteiger partial charge in [0.2, 0.25) is 0 Å². The number of carbonyl (C=O) groups is 1. The van der Waals surface area contributed by atoms with Crippen LogP contribution in [0.15, 0.2) is 59.8 Å². The second kappa shape index (κ2) is 6.45. The van der Waals surface area contributed by atoms with Crippen LogP contribution in [0.25, 0.3) is 5.65 Å². The zero-order chi connectivity index (χ0) is 17.2. The Hall–Kier alpha value is -2.67. The lowest BCUT2D eigenvalue weighted by molar-refractivity contribution is 0.0954. The lowest BCUT2D eigenvalue weighted by Gasteiger charge is -2.05. The Balaban J connectivity index is 1.63. The van der Waals surface area contributed by atoms with Crippen LogP contribution in [-0.4, -0.2) is 36.5 Å². The van der Waals surface area contributed by atoms with E-state index in [9.17, 15) is 13.2 Å². The third-order valence-electron chi connectivity index (χ3n) is 3.60. The van der Waals surface area contributed by atoms with Gasteiger partial charge in [-0.2, -0.15) is 0 Å². The smallest absolute Gasteiger partial charge is 0.251 e. The van der Waals surface area contributed by atoms with Crippen LogP contribution in [0.2, 0.25) is 0 Å². The molecule has 0 aliphatic carbocycles. The van der Waals surface area contributed by atoms with E-state index in [0.717, 1.165) is 17.6 Å². The molecule has 0 saturated carbocycles. The summed E-state index contributed by atoms with van der Waals surface area (Å²) in [6.07, 6.45) is 5.56. The SMILES string of the molecule is CS(=O)(=O)c1cccc(C(=O)NCCc2cn3ccccc3n2)c1. The first-order chi connectivity index (χ1) is 11.4. The molecule has 0 fully saturated rings. The molecule has 2 heterocycles. The van der Waals surface area contributed by atoms with Crippen LogP contribution < -0.4 is 5.32 Å². The third-order valence-corrected chi connectivity index (χ3v) is 4.72. The molecular weight excluding hydrogens is 326 g/mol. The summed E-state index contributed by atoms with van der Waals surface area (Å²) in [4.78, 5) is 16.8. The van der Waals surface area contributed by atoms with E-state index in [4.69, 9.17) is 0 Å². The summed E-state index contributed by atoms with van der Waals surface area (Å²) in [6, 6.07) is 11.8. The molecule has 0 radical (unpaired) electrons. The maximum Gasteiger partial charge on any atom is 0.251 e. The van der Waals surface area contributed by atoms with Gasteiger partial charge >= 0.3 is 0 Å². The molecule has 0 unspecified atom stereocenters. The first-order valence-electron chi connectivity index (χ1n) is 7.44. The van der Waals surface area contributed by atoms with Crippen LogP contribution in [0.3, 0.4) is 0 Å². The maximum absolute atomic E-state index is 12.2. The molecule has 6 nitrogen and oxygen atoms in total. The van der Waals surface area contributed by atoms with Crippen molar-refractivity contribution in [3.63, 3.8) is 0 Å². The number of hydrogen-bond acceptors (Lipinski definition) is 4. The predicted molar refractivity (Wildman–Crippen MR) is 90.8 cm³/mol. The Kier molecular flexibility index (Phi) is 4.35. The lowest BCUT2D eigenvalue weighted by Crippen LogP contribution is -2.25. The zero-order valence-electron chi connectivity index (χ0n) is 13.1. The minimum Gasteiger partial charge on any atom is -0.352 e. The molecule has 0 spiro atoms. The molecule has 0 aliphatic heterocycles. The predicted octanol–water partition coefficient (Wildman–Crippen LogP) is 1.71. The van der Waals surface area contributed by atoms with Crippen LogP contribution in [0.1, 0.15) is 16.1 Å². The number of carbonyl (C=O) groups excluding carboxylic acids is 1. The van der Waals surface area contributed by atoms with Gasteiger partial charge in [-0.15, -0.1) is 0 Å². The number of imidazole rings is 1. The van der Waals surface area contributed by atoms with E-state index >= 15 is 0 Å². The molecule has 0 atom stereocenters. The highest BCUT2D eigenvalue weighted by molar-refractivity contribution is 7.90. The highest BCUT2D eigenvalue weighted by atomic mass is 32.2. The topological polar surface area (TPSA) is 80.5 Å². The van der Waals surface area contributed by atoms with E-state index in [-0.39, 0.29) is 10.8 Å². The summed E-state index contributed by atoms with van der Waals surface area (Å²) in [5.74, 6) is -0.302. The molecule has 2 aromatic heterocycles. The number of rotatable bonds is 5. The van der Waals surface area contributed by atoms with Crippen LogP contribution in [0, 0.1) is 0 Å². The number of hydrogen-bond donors (Lipinski definition) is 1. The summed E-state index contributed by atoms with van der Waals surface area (Å²) in [6.45, 7) is 0.422. The zero-order valence-corrected chi connectivity index (χ0v) is 14.0. The highest BCUT2D eigenvalue weighted by Gasteiger charge is 2.11. The fraction of sp³-hybridized carbons (Fsp3) is 0.176. The first kappa shape index (κ1) is 16.2. The minimum atomic E-state index is -3.33. The van der Waals surface area contributed by atoms with Crippen LogP contribution in [-0.2, 0) is 16.3 Å². The van der Waals surface area contributed by atoms with Crippen molar-refractivity contribution in [2.75, 3.05) is 12.8 Å². The average Bonchev–Trinajstić information content (AvgIpc) is 2.97. The van der Waals surface area contributed by atoms with Crippen molar-refractivity contribution in [1.29, 1.82) is 0 Å². The molecule has 1 aromatic carbocycles. The molecule has 24 heavy (non-hydrogen) atoms. The molecule has 124 valence electrons. The number of nitrogens with zero attached hydrogens (tertiary/aromatic N) is 2. The second-order valence-corrected chi connectivity index (χ2v) is 7.52. The van der Waals surface area contributed by atoms with Crippen molar-refractivity contribution < 1.29 is 13.2 Å². The molecule has 0 saturated heterocycles. The third kappa shape index (κ3) is 3.62. The average molecular weight is 343 g/mol. The fourth-order valence-corrected chi connectivity index (χ4v) is 3.05. The molecule has 0 bridgehead atoms. The van der Waals surface area contributed by atoms with E-state index in [1.54, 1.807) is 12.1 Å². The quantitative estimate of drug-likeness (QED) is 0.765. The Morgan fingerprint density at radius 2 is 2.04 bits per heavy atom. The summed E-state index contributed by atoms with van der Waals surface area (Å²) in [5, 5.41) is 2.79. The van der Waals surface area contributed by atoms with Gasteiger partial charge in [0.05, 0.1) is 10.6 Å². The summed E-state index contributed by atoms with van der Waals surface area (Å²) in [5.41, 5.74) is 2.07. The number of pyridine rings is 1. The van der Waals surface area contributed by atoms with E-state index < -0.39 is 9.84 Å². The first-order valence-corrected chi connectivity index (χ1v) is 9.33. The largest absolute Gasteiger partial charge is 0.352 e. The molecule has 3 aromatic rings. The number of sulfone groups is 1. The maximum atomic E-state index is 12.2.